The summed E-state index contributed by atoms with van der Waals surface area (Å²) in [5.74, 6) is -0.127. The highest BCUT2D eigenvalue weighted by atomic mass is 32.2. The fourth-order valence-electron chi connectivity index (χ4n) is 2.34. The Morgan fingerprint density at radius 3 is 2.58 bits per heavy atom. The van der Waals surface area contributed by atoms with Crippen molar-refractivity contribution >= 4 is 15.6 Å². The zero-order chi connectivity index (χ0) is 18.7. The summed E-state index contributed by atoms with van der Waals surface area (Å²) >= 11 is 0. The molecule has 0 N–H and O–H groups in total. The van der Waals surface area contributed by atoms with Crippen molar-refractivity contribution in [2.75, 3.05) is 6.26 Å². The van der Waals surface area contributed by atoms with Gasteiger partial charge in [0.25, 0.3) is 5.91 Å². The highest BCUT2D eigenvalue weighted by molar-refractivity contribution is 7.93. The zero-order valence-electron chi connectivity index (χ0n) is 14.2. The van der Waals surface area contributed by atoms with E-state index in [2.05, 4.69) is 14.5 Å². The van der Waals surface area contributed by atoms with Gasteiger partial charge in [0.05, 0.1) is 21.0 Å². The van der Waals surface area contributed by atoms with Gasteiger partial charge < -0.3 is 4.52 Å². The first-order valence-electron chi connectivity index (χ1n) is 7.74. The molecule has 26 heavy (non-hydrogen) atoms. The molecule has 1 heterocycles. The van der Waals surface area contributed by atoms with Crippen molar-refractivity contribution in [2.45, 2.75) is 18.2 Å². The summed E-state index contributed by atoms with van der Waals surface area (Å²) in [6.45, 7) is 1.70. The Balaban J connectivity index is 1.76. The maximum Gasteiger partial charge on any atom is 0.258 e. The second-order valence-corrected chi connectivity index (χ2v) is 8.01. The average Bonchev–Trinajstić information content (AvgIpc) is 3.01. The van der Waals surface area contributed by atoms with Gasteiger partial charge in [-0.05, 0) is 23.8 Å². The number of benzene rings is 2. The lowest BCUT2D eigenvalue weighted by Crippen LogP contribution is -2.06. The molecule has 0 spiro atoms. The number of carbonyl (C=O) groups excluding carboxylic acids is 1. The predicted octanol–water partition coefficient (Wildman–Crippen LogP) is 3.41. The van der Waals surface area contributed by atoms with Gasteiger partial charge in [-0.25, -0.2) is 8.60 Å². The molecule has 0 aliphatic carbocycles. The smallest absolute Gasteiger partial charge is 0.258 e. The molecule has 8 heteroatoms. The molecule has 2 aromatic carbocycles. The normalized spacial score (nSPS) is 13.2. The molecule has 0 bridgehead atoms. The molecule has 1 unspecified atom stereocenters. The van der Waals surface area contributed by atoms with Crippen LogP contribution < -0.4 is 0 Å². The second kappa shape index (κ2) is 7.17. The standard InChI is InChI=1S/C18H16FN3O3S/c1-12-20-18(21-25-12)14-8-6-13(7-9-14)10-17(23)22-26(2,24)16-5-3-4-15(19)11-16/h3-9,11H,10H2,1-2H3. The molecule has 3 rings (SSSR count). The summed E-state index contributed by atoms with van der Waals surface area (Å²) in [5, 5.41) is 3.83. The van der Waals surface area contributed by atoms with E-state index in [0.717, 1.165) is 11.6 Å². The fourth-order valence-corrected chi connectivity index (χ4v) is 3.57. The Labute approximate surface area is 150 Å². The van der Waals surface area contributed by atoms with Crippen molar-refractivity contribution in [1.82, 2.24) is 10.1 Å². The van der Waals surface area contributed by atoms with E-state index in [1.54, 1.807) is 31.2 Å². The fraction of sp³-hybridized carbons (Fsp3) is 0.167. The Bertz CT molecular complexity index is 1070. The molecule has 1 aromatic heterocycles. The maximum atomic E-state index is 13.3. The minimum atomic E-state index is -3.00. The minimum absolute atomic E-state index is 0.00824. The van der Waals surface area contributed by atoms with Crippen molar-refractivity contribution in [3.05, 3.63) is 65.8 Å². The Morgan fingerprint density at radius 2 is 1.96 bits per heavy atom. The van der Waals surface area contributed by atoms with Gasteiger partial charge in [0.2, 0.25) is 11.7 Å². The van der Waals surface area contributed by atoms with Gasteiger partial charge >= 0.3 is 0 Å². The summed E-state index contributed by atoms with van der Waals surface area (Å²) in [6, 6.07) is 12.3. The third kappa shape index (κ3) is 4.20. The average molecular weight is 373 g/mol. The van der Waals surface area contributed by atoms with Crippen LogP contribution in [0.5, 0.6) is 0 Å². The van der Waals surface area contributed by atoms with Gasteiger partial charge in [-0.15, -0.1) is 0 Å². The molecular formula is C18H16FN3O3S. The quantitative estimate of drug-likeness (QED) is 0.700. The van der Waals surface area contributed by atoms with E-state index >= 15 is 0 Å². The summed E-state index contributed by atoms with van der Waals surface area (Å²) in [4.78, 5) is 16.5. The van der Waals surface area contributed by atoms with E-state index in [0.29, 0.717) is 17.3 Å². The van der Waals surface area contributed by atoms with E-state index in [-0.39, 0.29) is 11.3 Å². The van der Waals surface area contributed by atoms with Crippen LogP contribution in [0.2, 0.25) is 0 Å². The number of nitrogens with zero attached hydrogens (tertiary/aromatic N) is 3. The molecule has 0 fully saturated rings. The molecule has 0 radical (unpaired) electrons. The van der Waals surface area contributed by atoms with Gasteiger partial charge in [0.15, 0.2) is 0 Å². The van der Waals surface area contributed by atoms with Crippen LogP contribution in [0.15, 0.2) is 62.3 Å². The lowest BCUT2D eigenvalue weighted by atomic mass is 10.1. The summed E-state index contributed by atoms with van der Waals surface area (Å²) < 4.78 is 34.6. The van der Waals surface area contributed by atoms with Gasteiger partial charge in [-0.3, -0.25) is 4.79 Å². The molecule has 0 saturated heterocycles. The lowest BCUT2D eigenvalue weighted by molar-refractivity contribution is -0.117. The Kier molecular flexibility index (Phi) is 4.94. The van der Waals surface area contributed by atoms with Crippen molar-refractivity contribution in [2.24, 2.45) is 4.36 Å². The summed E-state index contributed by atoms with van der Waals surface area (Å²) in [5.41, 5.74) is 1.46. The monoisotopic (exact) mass is 373 g/mol. The van der Waals surface area contributed by atoms with Crippen LogP contribution in [0.4, 0.5) is 4.39 Å². The van der Waals surface area contributed by atoms with E-state index in [9.17, 15) is 13.4 Å². The first-order chi connectivity index (χ1) is 12.3. The number of hydrogen-bond donors (Lipinski definition) is 0. The van der Waals surface area contributed by atoms with Crippen LogP contribution in [0.1, 0.15) is 11.5 Å². The van der Waals surface area contributed by atoms with Crippen molar-refractivity contribution < 1.29 is 17.9 Å². The van der Waals surface area contributed by atoms with Crippen LogP contribution in [0.25, 0.3) is 11.4 Å². The van der Waals surface area contributed by atoms with E-state index in [4.69, 9.17) is 4.52 Å². The lowest BCUT2D eigenvalue weighted by Gasteiger charge is -2.04. The molecule has 1 amide bonds. The Hall–Kier alpha value is -2.87. The number of aryl methyl sites for hydroxylation is 1. The topological polar surface area (TPSA) is 85.4 Å². The first-order valence-corrected chi connectivity index (χ1v) is 9.66. The Morgan fingerprint density at radius 1 is 1.23 bits per heavy atom. The third-order valence-electron chi connectivity index (χ3n) is 3.60. The van der Waals surface area contributed by atoms with Gasteiger partial charge in [-0.1, -0.05) is 35.5 Å². The first kappa shape index (κ1) is 17.9. The molecule has 6 nitrogen and oxygen atoms in total. The summed E-state index contributed by atoms with van der Waals surface area (Å²) in [7, 11) is -3.00. The minimum Gasteiger partial charge on any atom is -0.339 e. The SMILES string of the molecule is Cc1nc(-c2ccc(CC(=O)N=S(C)(=O)c3cccc(F)c3)cc2)no1. The van der Waals surface area contributed by atoms with E-state index in [1.165, 1.54) is 24.5 Å². The van der Waals surface area contributed by atoms with Crippen LogP contribution in [-0.2, 0) is 20.9 Å². The molecule has 134 valence electrons. The van der Waals surface area contributed by atoms with Crippen LogP contribution in [0, 0.1) is 12.7 Å². The largest absolute Gasteiger partial charge is 0.339 e. The van der Waals surface area contributed by atoms with E-state index < -0.39 is 21.5 Å². The summed E-state index contributed by atoms with van der Waals surface area (Å²) in [6.07, 6.45) is 1.31. The van der Waals surface area contributed by atoms with E-state index in [1.807, 2.05) is 0 Å². The predicted molar refractivity (Wildman–Crippen MR) is 94.3 cm³/mol. The molecule has 0 saturated carbocycles. The highest BCUT2D eigenvalue weighted by Gasteiger charge is 2.12. The van der Waals surface area contributed by atoms with Crippen LogP contribution >= 0.6 is 0 Å². The number of rotatable bonds is 4. The number of aromatic nitrogens is 2. The van der Waals surface area contributed by atoms with Crippen LogP contribution in [-0.4, -0.2) is 26.5 Å². The van der Waals surface area contributed by atoms with Crippen molar-refractivity contribution in [3.63, 3.8) is 0 Å². The molecule has 0 aliphatic heterocycles. The number of hydrogen-bond acceptors (Lipinski definition) is 5. The second-order valence-electron chi connectivity index (χ2n) is 5.76. The molecular weight excluding hydrogens is 357 g/mol. The third-order valence-corrected chi connectivity index (χ3v) is 5.29. The van der Waals surface area contributed by atoms with Gasteiger partial charge in [0.1, 0.15) is 5.82 Å². The van der Waals surface area contributed by atoms with Crippen LogP contribution in [0.3, 0.4) is 0 Å². The van der Waals surface area contributed by atoms with Crippen molar-refractivity contribution in [3.8, 4) is 11.4 Å². The number of amides is 1. The molecule has 1 atom stereocenters. The maximum absolute atomic E-state index is 13.3. The van der Waals surface area contributed by atoms with Gasteiger partial charge in [0, 0.05) is 18.7 Å². The van der Waals surface area contributed by atoms with Gasteiger partial charge in [-0.2, -0.15) is 9.35 Å². The highest BCUT2D eigenvalue weighted by Crippen LogP contribution is 2.18. The van der Waals surface area contributed by atoms with Crippen molar-refractivity contribution in [1.29, 1.82) is 0 Å². The molecule has 3 aromatic rings. The molecule has 0 aliphatic rings. The zero-order valence-corrected chi connectivity index (χ0v) is 15.0. The number of halogens is 1. The number of carbonyl (C=O) groups is 1.